The van der Waals surface area contributed by atoms with Crippen molar-refractivity contribution in [1.29, 1.82) is 0 Å². The molecule has 1 heterocycles. The number of halogens is 1. The van der Waals surface area contributed by atoms with E-state index in [9.17, 15) is 9.18 Å². The summed E-state index contributed by atoms with van der Waals surface area (Å²) in [5.74, 6) is 0.0441. The zero-order valence-corrected chi connectivity index (χ0v) is 14.7. The maximum atomic E-state index is 13.1. The van der Waals surface area contributed by atoms with Crippen LogP contribution in [-0.4, -0.2) is 38.1 Å². The van der Waals surface area contributed by atoms with E-state index in [4.69, 9.17) is 0 Å². The van der Waals surface area contributed by atoms with Crippen molar-refractivity contribution >= 4 is 5.91 Å². The van der Waals surface area contributed by atoms with Crippen LogP contribution in [-0.2, 0) is 11.3 Å². The first-order chi connectivity index (χ1) is 12.6. The van der Waals surface area contributed by atoms with Crippen molar-refractivity contribution in [3.63, 3.8) is 0 Å². The third-order valence-corrected chi connectivity index (χ3v) is 4.26. The first kappa shape index (κ1) is 17.7. The Bertz CT molecular complexity index is 863. The maximum Gasteiger partial charge on any atom is 0.246 e. The molecule has 2 aromatic carbocycles. The van der Waals surface area contributed by atoms with E-state index >= 15 is 0 Å². The Morgan fingerprint density at radius 3 is 2.50 bits per heavy atom. The number of carbonyl (C=O) groups excluding carboxylic acids is 1. The van der Waals surface area contributed by atoms with Gasteiger partial charge in [-0.15, -0.1) is 10.2 Å². The number of benzene rings is 2. The Balaban J connectivity index is 1.70. The Kier molecular flexibility index (Phi) is 5.36. The molecule has 1 amide bonds. The van der Waals surface area contributed by atoms with E-state index in [1.165, 1.54) is 16.9 Å². The molecule has 0 N–H and O–H groups in total. The number of hydrogen-bond donors (Lipinski definition) is 0. The zero-order valence-electron chi connectivity index (χ0n) is 14.7. The predicted molar refractivity (Wildman–Crippen MR) is 95.5 cm³/mol. The summed E-state index contributed by atoms with van der Waals surface area (Å²) in [6.45, 7) is 1.98. The number of carbonyl (C=O) groups is 1. The summed E-state index contributed by atoms with van der Waals surface area (Å²) in [5.41, 5.74) is 1.73. The van der Waals surface area contributed by atoms with Crippen LogP contribution in [0.2, 0.25) is 0 Å². The Morgan fingerprint density at radius 1 is 1.15 bits per heavy atom. The summed E-state index contributed by atoms with van der Waals surface area (Å²) in [6.07, 6.45) is 0.716. The van der Waals surface area contributed by atoms with E-state index in [-0.39, 0.29) is 24.3 Å². The average Bonchev–Trinajstić information content (AvgIpc) is 3.13. The van der Waals surface area contributed by atoms with Gasteiger partial charge in [0.25, 0.3) is 0 Å². The molecule has 0 fully saturated rings. The lowest BCUT2D eigenvalue weighted by atomic mass is 10.0. The molecule has 0 bridgehead atoms. The molecule has 3 aromatic rings. The Hall–Kier alpha value is -3.09. The molecule has 0 aliphatic heterocycles. The van der Waals surface area contributed by atoms with E-state index < -0.39 is 0 Å². The SMILES string of the molecule is CC[C@H](c1ccc(F)cc1)N(C)C(=O)Cn1nnc(-c2ccccc2)n1. The first-order valence-corrected chi connectivity index (χ1v) is 8.43. The third-order valence-electron chi connectivity index (χ3n) is 4.26. The number of hydrogen-bond acceptors (Lipinski definition) is 4. The van der Waals surface area contributed by atoms with Crippen LogP contribution in [0.15, 0.2) is 54.6 Å². The second-order valence-corrected chi connectivity index (χ2v) is 5.99. The fourth-order valence-electron chi connectivity index (χ4n) is 2.84. The molecule has 0 spiro atoms. The minimum atomic E-state index is -0.294. The van der Waals surface area contributed by atoms with Gasteiger partial charge in [0.05, 0.1) is 6.04 Å². The molecule has 6 nitrogen and oxygen atoms in total. The minimum absolute atomic E-state index is 0.00592. The lowest BCUT2D eigenvalue weighted by molar-refractivity contribution is -0.133. The summed E-state index contributed by atoms with van der Waals surface area (Å²) in [5, 5.41) is 12.2. The molecular formula is C19H20FN5O. The predicted octanol–water partition coefficient (Wildman–Crippen LogP) is 3.09. The van der Waals surface area contributed by atoms with E-state index in [1.54, 1.807) is 24.1 Å². The summed E-state index contributed by atoms with van der Waals surface area (Å²) >= 11 is 0. The van der Waals surface area contributed by atoms with Crippen LogP contribution in [0.25, 0.3) is 11.4 Å². The van der Waals surface area contributed by atoms with Gasteiger partial charge in [0.2, 0.25) is 11.7 Å². The van der Waals surface area contributed by atoms with E-state index in [0.717, 1.165) is 11.1 Å². The van der Waals surface area contributed by atoms with Gasteiger partial charge in [-0.25, -0.2) is 4.39 Å². The van der Waals surface area contributed by atoms with Crippen molar-refractivity contribution in [2.45, 2.75) is 25.9 Å². The lowest BCUT2D eigenvalue weighted by Crippen LogP contribution is -2.34. The van der Waals surface area contributed by atoms with Gasteiger partial charge in [-0.05, 0) is 29.3 Å². The smallest absolute Gasteiger partial charge is 0.246 e. The van der Waals surface area contributed by atoms with Crippen LogP contribution in [0.1, 0.15) is 24.9 Å². The molecule has 0 aliphatic rings. The van der Waals surface area contributed by atoms with Gasteiger partial charge in [-0.3, -0.25) is 4.79 Å². The van der Waals surface area contributed by atoms with Crippen LogP contribution >= 0.6 is 0 Å². The number of rotatable bonds is 6. The van der Waals surface area contributed by atoms with E-state index in [1.807, 2.05) is 37.3 Å². The van der Waals surface area contributed by atoms with Crippen LogP contribution in [0.3, 0.4) is 0 Å². The molecule has 1 atom stereocenters. The Labute approximate surface area is 151 Å². The molecule has 0 aliphatic carbocycles. The summed E-state index contributed by atoms with van der Waals surface area (Å²) in [6, 6.07) is 15.5. The molecule has 26 heavy (non-hydrogen) atoms. The van der Waals surface area contributed by atoms with Crippen LogP contribution in [0.4, 0.5) is 4.39 Å². The largest absolute Gasteiger partial charge is 0.337 e. The van der Waals surface area contributed by atoms with Crippen molar-refractivity contribution in [2.24, 2.45) is 0 Å². The standard InChI is InChI=1S/C19H20FN5O/c1-3-17(14-9-11-16(20)12-10-14)24(2)18(26)13-25-22-19(21-23-25)15-7-5-4-6-8-15/h4-12,17H,3,13H2,1-2H3/t17-/m1/s1. The zero-order chi connectivity index (χ0) is 18.5. The van der Waals surface area contributed by atoms with Gasteiger partial charge in [-0.1, -0.05) is 49.4 Å². The highest BCUT2D eigenvalue weighted by molar-refractivity contribution is 5.76. The molecular weight excluding hydrogens is 333 g/mol. The average molecular weight is 353 g/mol. The summed E-state index contributed by atoms with van der Waals surface area (Å²) in [7, 11) is 1.73. The molecule has 0 unspecified atom stereocenters. The van der Waals surface area contributed by atoms with E-state index in [0.29, 0.717) is 12.2 Å². The van der Waals surface area contributed by atoms with Crippen LogP contribution in [0.5, 0.6) is 0 Å². The fraction of sp³-hybridized carbons (Fsp3) is 0.263. The van der Waals surface area contributed by atoms with Crippen molar-refractivity contribution in [3.05, 3.63) is 66.0 Å². The molecule has 134 valence electrons. The second-order valence-electron chi connectivity index (χ2n) is 5.99. The number of likely N-dealkylation sites (N-methyl/N-ethyl adjacent to an activating group) is 1. The number of aromatic nitrogens is 4. The number of amides is 1. The Morgan fingerprint density at radius 2 is 1.85 bits per heavy atom. The first-order valence-electron chi connectivity index (χ1n) is 8.43. The van der Waals surface area contributed by atoms with Gasteiger partial charge < -0.3 is 4.90 Å². The van der Waals surface area contributed by atoms with Gasteiger partial charge >= 0.3 is 0 Å². The topological polar surface area (TPSA) is 63.9 Å². The van der Waals surface area contributed by atoms with Crippen LogP contribution in [0, 0.1) is 5.82 Å². The number of nitrogens with zero attached hydrogens (tertiary/aromatic N) is 5. The molecule has 3 rings (SSSR count). The highest BCUT2D eigenvalue weighted by atomic mass is 19.1. The highest BCUT2D eigenvalue weighted by Gasteiger charge is 2.21. The van der Waals surface area contributed by atoms with Gasteiger partial charge in [0.1, 0.15) is 12.4 Å². The quantitative estimate of drug-likeness (QED) is 0.683. The van der Waals surface area contributed by atoms with E-state index in [2.05, 4.69) is 15.4 Å². The lowest BCUT2D eigenvalue weighted by Gasteiger charge is -2.27. The monoisotopic (exact) mass is 353 g/mol. The van der Waals surface area contributed by atoms with Crippen molar-refractivity contribution in [1.82, 2.24) is 25.1 Å². The summed E-state index contributed by atoms with van der Waals surface area (Å²) in [4.78, 5) is 15.5. The van der Waals surface area contributed by atoms with Gasteiger partial charge in [0.15, 0.2) is 0 Å². The van der Waals surface area contributed by atoms with Gasteiger partial charge in [0, 0.05) is 12.6 Å². The molecule has 7 heteroatoms. The molecule has 0 saturated carbocycles. The normalized spacial score (nSPS) is 12.0. The van der Waals surface area contributed by atoms with Crippen molar-refractivity contribution < 1.29 is 9.18 Å². The van der Waals surface area contributed by atoms with Crippen molar-refractivity contribution in [2.75, 3.05) is 7.05 Å². The molecule has 1 aromatic heterocycles. The fourth-order valence-corrected chi connectivity index (χ4v) is 2.84. The van der Waals surface area contributed by atoms with Crippen LogP contribution < -0.4 is 0 Å². The maximum absolute atomic E-state index is 13.1. The molecule has 0 radical (unpaired) electrons. The minimum Gasteiger partial charge on any atom is -0.337 e. The molecule has 0 saturated heterocycles. The number of tetrazole rings is 1. The highest BCUT2D eigenvalue weighted by Crippen LogP contribution is 2.23. The van der Waals surface area contributed by atoms with Crippen molar-refractivity contribution in [3.8, 4) is 11.4 Å². The third kappa shape index (κ3) is 3.93. The summed E-state index contributed by atoms with van der Waals surface area (Å²) < 4.78 is 13.1. The van der Waals surface area contributed by atoms with Gasteiger partial charge in [-0.2, -0.15) is 4.80 Å². The second kappa shape index (κ2) is 7.86.